The first kappa shape index (κ1) is 14.8. The van der Waals surface area contributed by atoms with Gasteiger partial charge in [-0.15, -0.1) is 0 Å². The molecule has 0 aromatic carbocycles. The van der Waals surface area contributed by atoms with Gasteiger partial charge in [0.2, 0.25) is 0 Å². The van der Waals surface area contributed by atoms with Gasteiger partial charge in [-0.3, -0.25) is 4.90 Å². The van der Waals surface area contributed by atoms with E-state index in [0.29, 0.717) is 5.54 Å². The van der Waals surface area contributed by atoms with Crippen LogP contribution in [0.1, 0.15) is 51.9 Å². The Kier molecular flexibility index (Phi) is 4.68. The smallest absolute Gasteiger partial charge is 0.0589 e. The summed E-state index contributed by atoms with van der Waals surface area (Å²) in [5.74, 6) is 1.83. The van der Waals surface area contributed by atoms with Gasteiger partial charge in [0.15, 0.2) is 0 Å². The highest BCUT2D eigenvalue weighted by atomic mass is 16.5. The van der Waals surface area contributed by atoms with E-state index in [1.54, 1.807) is 0 Å². The molecular weight excluding hydrogens is 248 g/mol. The second kappa shape index (κ2) is 6.33. The highest BCUT2D eigenvalue weighted by Gasteiger charge is 2.48. The average Bonchev–Trinajstić information content (AvgIpc) is 3.32. The van der Waals surface area contributed by atoms with Crippen molar-refractivity contribution >= 4 is 0 Å². The molecule has 1 aliphatic heterocycles. The molecular formula is C17H32N2O. The zero-order chi connectivity index (χ0) is 14.0. The molecule has 0 bridgehead atoms. The van der Waals surface area contributed by atoms with Crippen LogP contribution in [-0.2, 0) is 4.74 Å². The summed E-state index contributed by atoms with van der Waals surface area (Å²) in [5, 5.41) is 3.92. The number of rotatable bonds is 5. The molecule has 0 aromatic rings. The van der Waals surface area contributed by atoms with Crippen LogP contribution in [0.2, 0.25) is 0 Å². The Morgan fingerprint density at radius 1 is 1.15 bits per heavy atom. The zero-order valence-corrected chi connectivity index (χ0v) is 13.4. The molecule has 0 radical (unpaired) electrons. The highest BCUT2D eigenvalue weighted by molar-refractivity contribution is 5.05. The lowest BCUT2D eigenvalue weighted by Gasteiger charge is -2.50. The maximum absolute atomic E-state index is 5.36. The molecule has 1 heterocycles. The molecule has 20 heavy (non-hydrogen) atoms. The summed E-state index contributed by atoms with van der Waals surface area (Å²) < 4.78 is 5.36. The van der Waals surface area contributed by atoms with E-state index < -0.39 is 0 Å². The number of hydrogen-bond donors (Lipinski definition) is 1. The summed E-state index contributed by atoms with van der Waals surface area (Å²) in [6, 6.07) is 0.721. The second-order valence-electron chi connectivity index (χ2n) is 7.46. The molecule has 2 atom stereocenters. The van der Waals surface area contributed by atoms with E-state index in [0.717, 1.165) is 31.0 Å². The minimum atomic E-state index is 0.379. The predicted octanol–water partition coefficient (Wildman–Crippen LogP) is 2.66. The Hall–Kier alpha value is -0.120. The topological polar surface area (TPSA) is 24.5 Å². The fraction of sp³-hybridized carbons (Fsp3) is 1.00. The summed E-state index contributed by atoms with van der Waals surface area (Å²) >= 11 is 0. The van der Waals surface area contributed by atoms with Crippen LogP contribution >= 0.6 is 0 Å². The van der Waals surface area contributed by atoms with Crippen LogP contribution in [0.25, 0.3) is 0 Å². The van der Waals surface area contributed by atoms with E-state index in [9.17, 15) is 0 Å². The van der Waals surface area contributed by atoms with Gasteiger partial charge in [0, 0.05) is 38.3 Å². The lowest BCUT2D eigenvalue weighted by Crippen LogP contribution is -2.66. The fourth-order valence-electron chi connectivity index (χ4n) is 4.47. The molecule has 3 nitrogen and oxygen atoms in total. The van der Waals surface area contributed by atoms with Crippen molar-refractivity contribution in [2.24, 2.45) is 11.8 Å². The Morgan fingerprint density at radius 3 is 2.55 bits per heavy atom. The second-order valence-corrected chi connectivity index (χ2v) is 7.46. The van der Waals surface area contributed by atoms with Crippen LogP contribution in [0.3, 0.4) is 0 Å². The minimum absolute atomic E-state index is 0.379. The molecule has 1 N–H and O–H groups in total. The van der Waals surface area contributed by atoms with E-state index in [-0.39, 0.29) is 0 Å². The normalized spacial score (nSPS) is 37.2. The minimum Gasteiger partial charge on any atom is -0.383 e. The van der Waals surface area contributed by atoms with Gasteiger partial charge < -0.3 is 10.1 Å². The van der Waals surface area contributed by atoms with Gasteiger partial charge in [-0.1, -0.05) is 19.3 Å². The third kappa shape index (κ3) is 3.05. The number of methoxy groups -OCH3 is 1. The Bertz CT molecular complexity index is 312. The summed E-state index contributed by atoms with van der Waals surface area (Å²) in [6.45, 7) is 6.88. The van der Waals surface area contributed by atoms with Gasteiger partial charge in [0.1, 0.15) is 0 Å². The molecule has 3 fully saturated rings. The maximum atomic E-state index is 5.36. The Balaban J connectivity index is 1.63. The monoisotopic (exact) mass is 280 g/mol. The highest BCUT2D eigenvalue weighted by Crippen LogP contribution is 2.44. The molecule has 116 valence electrons. The molecule has 0 amide bonds. The van der Waals surface area contributed by atoms with Gasteiger partial charge in [0.25, 0.3) is 0 Å². The van der Waals surface area contributed by atoms with Gasteiger partial charge in [-0.25, -0.2) is 0 Å². The number of ether oxygens (including phenoxy) is 1. The van der Waals surface area contributed by atoms with E-state index in [4.69, 9.17) is 4.74 Å². The SMILES string of the molecule is COCCN1CC(C2CCCCC2)NCC1(C)C1CC1. The van der Waals surface area contributed by atoms with Gasteiger partial charge in [-0.05, 0) is 44.4 Å². The van der Waals surface area contributed by atoms with Crippen LogP contribution < -0.4 is 5.32 Å². The molecule has 3 heteroatoms. The Labute approximate surface area is 124 Å². The van der Waals surface area contributed by atoms with Crippen molar-refractivity contribution in [2.45, 2.75) is 63.5 Å². The molecule has 2 saturated carbocycles. The van der Waals surface area contributed by atoms with Crippen LogP contribution in [-0.4, -0.2) is 49.8 Å². The summed E-state index contributed by atoms with van der Waals surface area (Å²) in [5.41, 5.74) is 0.379. The molecule has 0 aromatic heterocycles. The van der Waals surface area contributed by atoms with Gasteiger partial charge in [0.05, 0.1) is 6.61 Å². The first-order valence-corrected chi connectivity index (χ1v) is 8.71. The van der Waals surface area contributed by atoms with E-state index >= 15 is 0 Å². The first-order valence-electron chi connectivity index (χ1n) is 8.71. The van der Waals surface area contributed by atoms with Crippen molar-refractivity contribution in [1.29, 1.82) is 0 Å². The van der Waals surface area contributed by atoms with Crippen LogP contribution in [0.4, 0.5) is 0 Å². The van der Waals surface area contributed by atoms with Gasteiger partial charge >= 0.3 is 0 Å². The summed E-state index contributed by atoms with van der Waals surface area (Å²) in [7, 11) is 1.83. The standard InChI is InChI=1S/C17H32N2O/c1-17(15-8-9-15)13-18-16(12-19(17)10-11-20-2)14-6-4-3-5-7-14/h14-16,18H,3-13H2,1-2H3. The van der Waals surface area contributed by atoms with E-state index in [1.807, 2.05) is 7.11 Å². The average molecular weight is 280 g/mol. The van der Waals surface area contributed by atoms with E-state index in [1.165, 1.54) is 58.0 Å². The molecule has 2 unspecified atom stereocenters. The molecule has 2 aliphatic carbocycles. The quantitative estimate of drug-likeness (QED) is 0.838. The predicted molar refractivity (Wildman–Crippen MR) is 82.9 cm³/mol. The summed E-state index contributed by atoms with van der Waals surface area (Å²) in [4.78, 5) is 2.75. The number of nitrogens with zero attached hydrogens (tertiary/aromatic N) is 1. The van der Waals surface area contributed by atoms with Crippen LogP contribution in [0, 0.1) is 11.8 Å². The number of nitrogens with one attached hydrogen (secondary N) is 1. The van der Waals surface area contributed by atoms with Crippen molar-refractivity contribution in [1.82, 2.24) is 10.2 Å². The zero-order valence-electron chi connectivity index (χ0n) is 13.4. The lowest BCUT2D eigenvalue weighted by molar-refractivity contribution is 0.00130. The third-order valence-corrected chi connectivity index (χ3v) is 6.10. The summed E-state index contributed by atoms with van der Waals surface area (Å²) in [6.07, 6.45) is 10.1. The molecule has 1 saturated heterocycles. The van der Waals surface area contributed by atoms with Crippen molar-refractivity contribution in [3.8, 4) is 0 Å². The van der Waals surface area contributed by atoms with Crippen LogP contribution in [0.15, 0.2) is 0 Å². The first-order chi connectivity index (χ1) is 9.74. The maximum Gasteiger partial charge on any atom is 0.0589 e. The molecule has 3 aliphatic rings. The molecule has 0 spiro atoms. The van der Waals surface area contributed by atoms with Crippen molar-refractivity contribution < 1.29 is 4.74 Å². The molecule has 3 rings (SSSR count). The third-order valence-electron chi connectivity index (χ3n) is 6.10. The number of piperazine rings is 1. The fourth-order valence-corrected chi connectivity index (χ4v) is 4.47. The number of hydrogen-bond acceptors (Lipinski definition) is 3. The van der Waals surface area contributed by atoms with Gasteiger partial charge in [-0.2, -0.15) is 0 Å². The largest absolute Gasteiger partial charge is 0.383 e. The van der Waals surface area contributed by atoms with Crippen LogP contribution in [0.5, 0.6) is 0 Å². The van der Waals surface area contributed by atoms with Crippen molar-refractivity contribution in [2.75, 3.05) is 33.4 Å². The van der Waals surface area contributed by atoms with Crippen molar-refractivity contribution in [3.05, 3.63) is 0 Å². The van der Waals surface area contributed by atoms with Crippen molar-refractivity contribution in [3.63, 3.8) is 0 Å². The Morgan fingerprint density at radius 2 is 1.90 bits per heavy atom. The van der Waals surface area contributed by atoms with E-state index in [2.05, 4.69) is 17.1 Å². The lowest BCUT2D eigenvalue weighted by atomic mass is 9.80.